The summed E-state index contributed by atoms with van der Waals surface area (Å²) in [5.74, 6) is 0.790. The molecule has 2 rings (SSSR count). The number of nitrogens with one attached hydrogen (secondary N) is 1. The Kier molecular flexibility index (Phi) is 5.28. The van der Waals surface area contributed by atoms with Gasteiger partial charge in [0.1, 0.15) is 11.7 Å². The van der Waals surface area contributed by atoms with Crippen molar-refractivity contribution in [3.63, 3.8) is 0 Å². The maximum Gasteiger partial charge on any atom is 0.274 e. The number of aryl methyl sites for hydroxylation is 2. The van der Waals surface area contributed by atoms with Crippen LogP contribution in [0.15, 0.2) is 17.1 Å². The number of rotatable bonds is 4. The van der Waals surface area contributed by atoms with Gasteiger partial charge >= 0.3 is 0 Å². The zero-order chi connectivity index (χ0) is 16.3. The number of hydrogen-bond acceptors (Lipinski definition) is 4. The maximum atomic E-state index is 12.4. The van der Waals surface area contributed by atoms with Crippen molar-refractivity contribution in [2.45, 2.75) is 32.7 Å². The number of carbonyl (C=O) groups excluding carboxylic acids is 2. The zero-order valence-electron chi connectivity index (χ0n) is 13.1. The van der Waals surface area contributed by atoms with Crippen LogP contribution in [0.2, 0.25) is 0 Å². The lowest BCUT2D eigenvalue weighted by atomic mass is 10.2. The molecule has 1 atom stereocenters. The van der Waals surface area contributed by atoms with Crippen LogP contribution < -0.4 is 10.9 Å². The first-order chi connectivity index (χ1) is 10.4. The summed E-state index contributed by atoms with van der Waals surface area (Å²) in [4.78, 5) is 38.1. The second kappa shape index (κ2) is 7.00. The van der Waals surface area contributed by atoms with Crippen LogP contribution in [-0.2, 0) is 16.6 Å². The Morgan fingerprint density at radius 2 is 2.18 bits per heavy atom. The lowest BCUT2D eigenvalue weighted by Crippen LogP contribution is -2.45. The summed E-state index contributed by atoms with van der Waals surface area (Å²) < 4.78 is 1.44. The number of hydrogen-bond donors (Lipinski definition) is 1. The van der Waals surface area contributed by atoms with E-state index < -0.39 is 6.04 Å². The summed E-state index contributed by atoms with van der Waals surface area (Å²) in [7, 11) is 1.65. The molecule has 1 aliphatic heterocycles. The Hall–Kier alpha value is -1.76. The van der Waals surface area contributed by atoms with Crippen molar-refractivity contribution in [1.29, 1.82) is 0 Å². The van der Waals surface area contributed by atoms with Gasteiger partial charge in [-0.25, -0.2) is 0 Å². The quantitative estimate of drug-likeness (QED) is 0.907. The smallest absolute Gasteiger partial charge is 0.274 e. The molecule has 7 heteroatoms. The second-order valence-electron chi connectivity index (χ2n) is 5.47. The maximum absolute atomic E-state index is 12.4. The summed E-state index contributed by atoms with van der Waals surface area (Å²) in [5, 5.41) is 2.68. The fourth-order valence-corrected chi connectivity index (χ4v) is 3.63. The molecule has 0 aromatic carbocycles. The first-order valence-electron chi connectivity index (χ1n) is 7.29. The van der Waals surface area contributed by atoms with Crippen molar-refractivity contribution in [2.24, 2.45) is 7.05 Å². The third-order valence-electron chi connectivity index (χ3n) is 3.55. The van der Waals surface area contributed by atoms with Gasteiger partial charge in [0.2, 0.25) is 11.8 Å². The minimum absolute atomic E-state index is 0.00945. The Balaban J connectivity index is 2.15. The number of nitrogens with zero attached hydrogens (tertiary/aromatic N) is 2. The number of amides is 2. The molecule has 1 fully saturated rings. The SMILES string of the molecule is CCCC(=O)N1CSCC1C(=O)Nc1cc(C)cn(C)c1=O. The summed E-state index contributed by atoms with van der Waals surface area (Å²) in [6.45, 7) is 3.80. The minimum Gasteiger partial charge on any atom is -0.321 e. The molecule has 1 aliphatic rings. The van der Waals surface area contributed by atoms with Crippen LogP contribution in [0.4, 0.5) is 5.69 Å². The molecule has 0 spiro atoms. The van der Waals surface area contributed by atoms with Gasteiger partial charge in [-0.3, -0.25) is 14.4 Å². The second-order valence-corrected chi connectivity index (χ2v) is 6.47. The fraction of sp³-hybridized carbons (Fsp3) is 0.533. The monoisotopic (exact) mass is 323 g/mol. The van der Waals surface area contributed by atoms with Crippen LogP contribution in [0.3, 0.4) is 0 Å². The van der Waals surface area contributed by atoms with Crippen molar-refractivity contribution < 1.29 is 9.59 Å². The van der Waals surface area contributed by atoms with Gasteiger partial charge in [0, 0.05) is 25.4 Å². The van der Waals surface area contributed by atoms with Crippen molar-refractivity contribution in [1.82, 2.24) is 9.47 Å². The van der Waals surface area contributed by atoms with Gasteiger partial charge in [0.25, 0.3) is 5.56 Å². The molecule has 120 valence electrons. The van der Waals surface area contributed by atoms with Gasteiger partial charge in [0.05, 0.1) is 5.88 Å². The molecule has 0 saturated carbocycles. The van der Waals surface area contributed by atoms with Gasteiger partial charge in [0.15, 0.2) is 0 Å². The van der Waals surface area contributed by atoms with E-state index in [0.717, 1.165) is 12.0 Å². The first-order valence-corrected chi connectivity index (χ1v) is 8.45. The van der Waals surface area contributed by atoms with Crippen LogP contribution in [0.25, 0.3) is 0 Å². The number of anilines is 1. The van der Waals surface area contributed by atoms with E-state index in [-0.39, 0.29) is 23.1 Å². The highest BCUT2D eigenvalue weighted by atomic mass is 32.2. The molecule has 1 aromatic heterocycles. The molecule has 1 aromatic rings. The van der Waals surface area contributed by atoms with Crippen LogP contribution in [0, 0.1) is 6.92 Å². The van der Waals surface area contributed by atoms with Gasteiger partial charge < -0.3 is 14.8 Å². The molecule has 1 saturated heterocycles. The number of aromatic nitrogens is 1. The molecule has 0 aliphatic carbocycles. The van der Waals surface area contributed by atoms with Gasteiger partial charge in [-0.2, -0.15) is 0 Å². The van der Waals surface area contributed by atoms with E-state index in [1.54, 1.807) is 36.0 Å². The summed E-state index contributed by atoms with van der Waals surface area (Å²) in [6, 6.07) is 1.15. The highest BCUT2D eigenvalue weighted by molar-refractivity contribution is 7.99. The topological polar surface area (TPSA) is 71.4 Å². The summed E-state index contributed by atoms with van der Waals surface area (Å²) in [6.07, 6.45) is 2.91. The molecule has 1 unspecified atom stereocenters. The Labute approximate surface area is 133 Å². The Morgan fingerprint density at radius 3 is 2.86 bits per heavy atom. The van der Waals surface area contributed by atoms with Crippen LogP contribution in [0.5, 0.6) is 0 Å². The normalized spacial score (nSPS) is 17.6. The molecular formula is C15H21N3O3S. The summed E-state index contributed by atoms with van der Waals surface area (Å²) in [5.41, 5.74) is 0.889. The van der Waals surface area contributed by atoms with Crippen LogP contribution in [0.1, 0.15) is 25.3 Å². The fourth-order valence-electron chi connectivity index (χ4n) is 2.45. The van der Waals surface area contributed by atoms with Gasteiger partial charge in [-0.05, 0) is 25.0 Å². The third kappa shape index (κ3) is 3.52. The van der Waals surface area contributed by atoms with E-state index in [2.05, 4.69) is 5.32 Å². The lowest BCUT2D eigenvalue weighted by molar-refractivity contribution is -0.136. The number of thioether (sulfide) groups is 1. The molecule has 2 amide bonds. The molecule has 0 radical (unpaired) electrons. The molecule has 22 heavy (non-hydrogen) atoms. The predicted molar refractivity (Wildman–Crippen MR) is 87.9 cm³/mol. The van der Waals surface area contributed by atoms with Gasteiger partial charge in [-0.15, -0.1) is 11.8 Å². The lowest BCUT2D eigenvalue weighted by Gasteiger charge is -2.23. The minimum atomic E-state index is -0.505. The van der Waals surface area contributed by atoms with Crippen molar-refractivity contribution in [2.75, 3.05) is 16.9 Å². The van der Waals surface area contributed by atoms with Crippen molar-refractivity contribution in [3.05, 3.63) is 28.2 Å². The standard InChI is InChI=1S/C15H21N3O3S/c1-4-5-13(19)18-9-22-8-12(18)14(20)16-11-6-10(2)7-17(3)15(11)21/h6-7,12H,4-5,8-9H2,1-3H3,(H,16,20). The van der Waals surface area contributed by atoms with E-state index >= 15 is 0 Å². The van der Waals surface area contributed by atoms with E-state index in [4.69, 9.17) is 0 Å². The van der Waals surface area contributed by atoms with Crippen LogP contribution in [-0.4, -0.2) is 39.0 Å². The molecular weight excluding hydrogens is 302 g/mol. The zero-order valence-corrected chi connectivity index (χ0v) is 13.9. The van der Waals surface area contributed by atoms with Crippen molar-refractivity contribution in [3.8, 4) is 0 Å². The number of pyridine rings is 1. The average Bonchev–Trinajstić information content (AvgIpc) is 2.94. The van der Waals surface area contributed by atoms with E-state index in [9.17, 15) is 14.4 Å². The Bertz CT molecular complexity index is 641. The Morgan fingerprint density at radius 1 is 1.45 bits per heavy atom. The van der Waals surface area contributed by atoms with E-state index in [0.29, 0.717) is 18.1 Å². The van der Waals surface area contributed by atoms with Crippen molar-refractivity contribution >= 4 is 29.3 Å². The predicted octanol–water partition coefficient (Wildman–Crippen LogP) is 1.33. The summed E-state index contributed by atoms with van der Waals surface area (Å²) >= 11 is 1.55. The van der Waals surface area contributed by atoms with E-state index in [1.807, 2.05) is 13.8 Å². The largest absolute Gasteiger partial charge is 0.321 e. The third-order valence-corrected chi connectivity index (χ3v) is 4.56. The number of carbonyl (C=O) groups is 2. The molecule has 1 N–H and O–H groups in total. The molecule has 2 heterocycles. The highest BCUT2D eigenvalue weighted by Gasteiger charge is 2.34. The highest BCUT2D eigenvalue weighted by Crippen LogP contribution is 2.23. The van der Waals surface area contributed by atoms with Gasteiger partial charge in [-0.1, -0.05) is 6.92 Å². The average molecular weight is 323 g/mol. The first kappa shape index (κ1) is 16.6. The molecule has 0 bridgehead atoms. The molecule has 6 nitrogen and oxygen atoms in total. The van der Waals surface area contributed by atoms with Crippen LogP contribution >= 0.6 is 11.8 Å². The van der Waals surface area contributed by atoms with E-state index in [1.165, 1.54) is 4.57 Å².